The first-order chi connectivity index (χ1) is 13.8. The van der Waals surface area contributed by atoms with Gasteiger partial charge in [0.25, 0.3) is 17.3 Å². The molecular formula is C20H15N3O6. The molecule has 0 bridgehead atoms. The average molecular weight is 393 g/mol. The van der Waals surface area contributed by atoms with Crippen LogP contribution in [0.4, 0.5) is 17.1 Å². The zero-order valence-electron chi connectivity index (χ0n) is 15.2. The van der Waals surface area contributed by atoms with E-state index in [1.807, 2.05) is 31.2 Å². The smallest absolute Gasteiger partial charge is 0.277 e. The lowest BCUT2D eigenvalue weighted by molar-refractivity contribution is -0.394. The molecule has 0 aliphatic rings. The summed E-state index contributed by atoms with van der Waals surface area (Å²) in [6, 6.07) is 16.8. The lowest BCUT2D eigenvalue weighted by atomic mass is 10.1. The van der Waals surface area contributed by atoms with Crippen LogP contribution in [0.2, 0.25) is 0 Å². The number of hydrogen-bond donors (Lipinski definition) is 1. The van der Waals surface area contributed by atoms with Gasteiger partial charge >= 0.3 is 0 Å². The third-order valence-electron chi connectivity index (χ3n) is 3.92. The second-order valence-electron chi connectivity index (χ2n) is 6.15. The molecule has 29 heavy (non-hydrogen) atoms. The highest BCUT2D eigenvalue weighted by Gasteiger charge is 2.20. The minimum absolute atomic E-state index is 0.189. The minimum Gasteiger partial charge on any atom is -0.457 e. The fourth-order valence-electron chi connectivity index (χ4n) is 2.56. The summed E-state index contributed by atoms with van der Waals surface area (Å²) < 4.78 is 5.73. The maximum atomic E-state index is 12.4. The highest BCUT2D eigenvalue weighted by Crippen LogP contribution is 2.25. The number of benzene rings is 3. The molecule has 0 radical (unpaired) electrons. The molecule has 3 rings (SSSR count). The molecule has 0 spiro atoms. The quantitative estimate of drug-likeness (QED) is 0.471. The number of nitro benzene ring substituents is 2. The van der Waals surface area contributed by atoms with Gasteiger partial charge in [0.1, 0.15) is 11.5 Å². The van der Waals surface area contributed by atoms with Gasteiger partial charge in [0.05, 0.1) is 21.5 Å². The number of hydrogen-bond acceptors (Lipinski definition) is 6. The van der Waals surface area contributed by atoms with Crippen LogP contribution in [0.15, 0.2) is 66.7 Å². The first-order valence-corrected chi connectivity index (χ1v) is 8.41. The van der Waals surface area contributed by atoms with Gasteiger partial charge in [-0.15, -0.1) is 0 Å². The fourth-order valence-corrected chi connectivity index (χ4v) is 2.56. The van der Waals surface area contributed by atoms with E-state index in [1.165, 1.54) is 0 Å². The van der Waals surface area contributed by atoms with E-state index in [9.17, 15) is 25.0 Å². The van der Waals surface area contributed by atoms with Crippen molar-refractivity contribution in [1.29, 1.82) is 0 Å². The van der Waals surface area contributed by atoms with Gasteiger partial charge in [-0.05, 0) is 48.9 Å². The lowest BCUT2D eigenvalue weighted by Crippen LogP contribution is -2.12. The number of nitrogens with zero attached hydrogens (tertiary/aromatic N) is 2. The number of anilines is 1. The number of ether oxygens (including phenoxy) is 1. The molecular weight excluding hydrogens is 378 g/mol. The molecule has 3 aromatic carbocycles. The zero-order valence-corrected chi connectivity index (χ0v) is 15.2. The first-order valence-electron chi connectivity index (χ1n) is 8.41. The van der Waals surface area contributed by atoms with E-state index >= 15 is 0 Å². The van der Waals surface area contributed by atoms with Gasteiger partial charge in [-0.2, -0.15) is 0 Å². The van der Waals surface area contributed by atoms with E-state index in [0.717, 1.165) is 23.8 Å². The van der Waals surface area contributed by atoms with Crippen molar-refractivity contribution in [1.82, 2.24) is 0 Å². The van der Waals surface area contributed by atoms with Gasteiger partial charge in [0.2, 0.25) is 0 Å². The van der Waals surface area contributed by atoms with Gasteiger partial charge in [0, 0.05) is 17.8 Å². The average Bonchev–Trinajstić information content (AvgIpc) is 2.69. The highest BCUT2D eigenvalue weighted by molar-refractivity contribution is 6.05. The van der Waals surface area contributed by atoms with E-state index in [2.05, 4.69) is 5.32 Å². The number of amides is 1. The van der Waals surface area contributed by atoms with E-state index in [-0.39, 0.29) is 5.56 Å². The highest BCUT2D eigenvalue weighted by atomic mass is 16.6. The normalized spacial score (nSPS) is 10.2. The second-order valence-corrected chi connectivity index (χ2v) is 6.15. The summed E-state index contributed by atoms with van der Waals surface area (Å²) in [5, 5.41) is 24.5. The number of rotatable bonds is 6. The Balaban J connectivity index is 1.75. The van der Waals surface area contributed by atoms with Crippen LogP contribution >= 0.6 is 0 Å². The first kappa shape index (κ1) is 19.5. The number of non-ortho nitro benzene ring substituents is 2. The Morgan fingerprint density at radius 3 is 2.03 bits per heavy atom. The summed E-state index contributed by atoms with van der Waals surface area (Å²) >= 11 is 0. The molecule has 3 aromatic rings. The number of aryl methyl sites for hydroxylation is 1. The van der Waals surface area contributed by atoms with Crippen LogP contribution < -0.4 is 10.1 Å². The van der Waals surface area contributed by atoms with Crippen LogP contribution in [-0.4, -0.2) is 15.8 Å². The Labute approximate surface area is 164 Å². The molecule has 9 heteroatoms. The molecule has 0 saturated heterocycles. The topological polar surface area (TPSA) is 125 Å². The molecule has 0 aliphatic heterocycles. The summed E-state index contributed by atoms with van der Waals surface area (Å²) in [4.78, 5) is 32.7. The third-order valence-corrected chi connectivity index (χ3v) is 3.92. The second kappa shape index (κ2) is 8.17. The number of carbonyl (C=O) groups is 1. The van der Waals surface area contributed by atoms with Gasteiger partial charge in [-0.3, -0.25) is 25.0 Å². The Hall–Kier alpha value is -4.27. The zero-order chi connectivity index (χ0) is 21.0. The molecule has 0 aliphatic carbocycles. The van der Waals surface area contributed by atoms with Gasteiger partial charge in [-0.1, -0.05) is 12.1 Å². The summed E-state index contributed by atoms with van der Waals surface area (Å²) in [6.07, 6.45) is 0. The molecule has 146 valence electrons. The van der Waals surface area contributed by atoms with Gasteiger partial charge in [-0.25, -0.2) is 0 Å². The van der Waals surface area contributed by atoms with Crippen molar-refractivity contribution in [2.24, 2.45) is 0 Å². The van der Waals surface area contributed by atoms with Crippen molar-refractivity contribution < 1.29 is 19.4 Å². The van der Waals surface area contributed by atoms with Crippen LogP contribution in [0.3, 0.4) is 0 Å². The van der Waals surface area contributed by atoms with Crippen molar-refractivity contribution in [3.8, 4) is 11.5 Å². The molecule has 0 heterocycles. The summed E-state index contributed by atoms with van der Waals surface area (Å²) in [7, 11) is 0. The third kappa shape index (κ3) is 4.92. The summed E-state index contributed by atoms with van der Waals surface area (Å²) in [5.74, 6) is 0.523. The fraction of sp³-hybridized carbons (Fsp3) is 0.0500. The number of nitro groups is 2. The molecule has 1 N–H and O–H groups in total. The van der Waals surface area contributed by atoms with Crippen molar-refractivity contribution in [2.45, 2.75) is 6.92 Å². The maximum absolute atomic E-state index is 12.4. The molecule has 0 saturated carbocycles. The summed E-state index contributed by atoms with van der Waals surface area (Å²) in [5.41, 5.74) is 0.196. The SMILES string of the molecule is Cc1cccc(Oc2ccc(NC(=O)c3cc([N+](=O)[O-])cc([N+](=O)[O-])c3)cc2)c1. The Kier molecular flexibility index (Phi) is 5.49. The van der Waals surface area contributed by atoms with E-state index in [0.29, 0.717) is 17.2 Å². The Morgan fingerprint density at radius 1 is 0.862 bits per heavy atom. The van der Waals surface area contributed by atoms with Gasteiger partial charge in [0.15, 0.2) is 0 Å². The Bertz CT molecular complexity index is 1060. The molecule has 0 unspecified atom stereocenters. The van der Waals surface area contributed by atoms with Crippen LogP contribution in [0.1, 0.15) is 15.9 Å². The van der Waals surface area contributed by atoms with Gasteiger partial charge < -0.3 is 10.1 Å². The van der Waals surface area contributed by atoms with Crippen molar-refractivity contribution in [3.05, 3.63) is 98.1 Å². The van der Waals surface area contributed by atoms with Crippen LogP contribution in [-0.2, 0) is 0 Å². The number of nitrogens with one attached hydrogen (secondary N) is 1. The van der Waals surface area contributed by atoms with Crippen molar-refractivity contribution in [2.75, 3.05) is 5.32 Å². The molecule has 0 aromatic heterocycles. The standard InChI is InChI=1S/C20H15N3O6/c1-13-3-2-4-19(9-13)29-18-7-5-15(6-8-18)21-20(24)14-10-16(22(25)26)12-17(11-14)23(27)28/h2-12H,1H3,(H,21,24). The Morgan fingerprint density at radius 2 is 1.48 bits per heavy atom. The predicted molar refractivity (Wildman–Crippen MR) is 105 cm³/mol. The largest absolute Gasteiger partial charge is 0.457 e. The molecule has 9 nitrogen and oxygen atoms in total. The van der Waals surface area contributed by atoms with Crippen molar-refractivity contribution in [3.63, 3.8) is 0 Å². The molecule has 1 amide bonds. The van der Waals surface area contributed by atoms with Crippen molar-refractivity contribution >= 4 is 23.0 Å². The molecule has 0 atom stereocenters. The predicted octanol–water partition coefficient (Wildman–Crippen LogP) is 4.86. The van der Waals surface area contributed by atoms with Crippen LogP contribution in [0, 0.1) is 27.2 Å². The van der Waals surface area contributed by atoms with E-state index in [4.69, 9.17) is 4.74 Å². The maximum Gasteiger partial charge on any atom is 0.277 e. The lowest BCUT2D eigenvalue weighted by Gasteiger charge is -2.09. The van der Waals surface area contributed by atoms with E-state index < -0.39 is 27.1 Å². The number of carbonyl (C=O) groups excluding carboxylic acids is 1. The summed E-state index contributed by atoms with van der Waals surface area (Å²) in [6.45, 7) is 1.95. The monoisotopic (exact) mass is 393 g/mol. The van der Waals surface area contributed by atoms with Crippen LogP contribution in [0.5, 0.6) is 11.5 Å². The van der Waals surface area contributed by atoms with E-state index in [1.54, 1.807) is 24.3 Å². The molecule has 0 fully saturated rings. The minimum atomic E-state index is -0.790. The van der Waals surface area contributed by atoms with Crippen LogP contribution in [0.25, 0.3) is 0 Å².